The molecule has 1 nitrogen and oxygen atoms in total. The van der Waals surface area contributed by atoms with E-state index < -0.39 is 0 Å². The summed E-state index contributed by atoms with van der Waals surface area (Å²) in [6.45, 7) is 2.21. The summed E-state index contributed by atoms with van der Waals surface area (Å²) in [6, 6.07) is 5.72. The third-order valence-corrected chi connectivity index (χ3v) is 1.86. The van der Waals surface area contributed by atoms with Gasteiger partial charge in [-0.2, -0.15) is 0 Å². The molecule has 0 spiro atoms. The zero-order valence-corrected chi connectivity index (χ0v) is 9.13. The van der Waals surface area contributed by atoms with E-state index in [1.54, 1.807) is 12.4 Å². The van der Waals surface area contributed by atoms with Gasteiger partial charge in [0, 0.05) is 17.7 Å². The molecule has 0 unspecified atom stereocenters. The quantitative estimate of drug-likeness (QED) is 0.570. The summed E-state index contributed by atoms with van der Waals surface area (Å²) in [5.41, 5.74) is 0. The number of halogens is 1. The Bertz CT molecular complexity index is 122. The Hall–Kier alpha value is -0.370. The van der Waals surface area contributed by atoms with E-state index >= 15 is 0 Å². The highest BCUT2D eigenvalue weighted by molar-refractivity contribution is 9.09. The van der Waals surface area contributed by atoms with Gasteiger partial charge in [-0.05, 0) is 18.6 Å². The Labute approximate surface area is 83.3 Å². The van der Waals surface area contributed by atoms with Crippen LogP contribution < -0.4 is 0 Å². The molecule has 0 aromatic carbocycles. The minimum atomic E-state index is 1.17. The molecule has 68 valence electrons. The van der Waals surface area contributed by atoms with Crippen molar-refractivity contribution in [3.05, 3.63) is 30.6 Å². The van der Waals surface area contributed by atoms with E-state index in [2.05, 4.69) is 27.8 Å². The van der Waals surface area contributed by atoms with E-state index in [0.717, 1.165) is 0 Å². The largest absolute Gasteiger partial charge is 0.265 e. The lowest BCUT2D eigenvalue weighted by Gasteiger charge is -1.85. The molecule has 12 heavy (non-hydrogen) atoms. The molecule has 0 aliphatic heterocycles. The SMILES string of the molecule is CCCCCBr.c1ccncc1. The Morgan fingerprint density at radius 3 is 1.92 bits per heavy atom. The summed E-state index contributed by atoms with van der Waals surface area (Å²) < 4.78 is 0. The first-order chi connectivity index (χ1) is 5.91. The van der Waals surface area contributed by atoms with Crippen LogP contribution in [0, 0.1) is 0 Å². The second-order valence-electron chi connectivity index (χ2n) is 2.42. The Morgan fingerprint density at radius 2 is 1.75 bits per heavy atom. The summed E-state index contributed by atoms with van der Waals surface area (Å²) >= 11 is 3.35. The van der Waals surface area contributed by atoms with Gasteiger partial charge in [-0.1, -0.05) is 41.8 Å². The van der Waals surface area contributed by atoms with E-state index in [9.17, 15) is 0 Å². The van der Waals surface area contributed by atoms with Gasteiger partial charge in [-0.15, -0.1) is 0 Å². The highest BCUT2D eigenvalue weighted by Crippen LogP contribution is 1.95. The van der Waals surface area contributed by atoms with E-state index in [1.807, 2.05) is 18.2 Å². The van der Waals surface area contributed by atoms with Crippen molar-refractivity contribution in [2.75, 3.05) is 5.33 Å². The van der Waals surface area contributed by atoms with Crippen LogP contribution in [0.5, 0.6) is 0 Å². The molecule has 2 heteroatoms. The molecule has 0 atom stereocenters. The maximum atomic E-state index is 3.78. The molecule has 0 saturated heterocycles. The molecule has 0 saturated carbocycles. The normalized spacial score (nSPS) is 8.50. The number of hydrogen-bond donors (Lipinski definition) is 0. The van der Waals surface area contributed by atoms with Crippen molar-refractivity contribution in [3.8, 4) is 0 Å². The van der Waals surface area contributed by atoms with Crippen LogP contribution in [0.2, 0.25) is 0 Å². The van der Waals surface area contributed by atoms with Crippen LogP contribution >= 0.6 is 15.9 Å². The van der Waals surface area contributed by atoms with Crippen LogP contribution in [0.15, 0.2) is 30.6 Å². The molecule has 1 aromatic rings. The fourth-order valence-corrected chi connectivity index (χ4v) is 1.05. The van der Waals surface area contributed by atoms with Crippen molar-refractivity contribution in [2.45, 2.75) is 26.2 Å². The number of aromatic nitrogens is 1. The van der Waals surface area contributed by atoms with Gasteiger partial charge < -0.3 is 0 Å². The number of nitrogens with zero attached hydrogens (tertiary/aromatic N) is 1. The topological polar surface area (TPSA) is 12.9 Å². The maximum absolute atomic E-state index is 3.78. The molecule has 1 heterocycles. The maximum Gasteiger partial charge on any atom is 0.0267 e. The van der Waals surface area contributed by atoms with E-state index in [-0.39, 0.29) is 0 Å². The second-order valence-corrected chi connectivity index (χ2v) is 3.21. The highest BCUT2D eigenvalue weighted by atomic mass is 79.9. The molecule has 0 amide bonds. The van der Waals surface area contributed by atoms with E-state index in [4.69, 9.17) is 0 Å². The zero-order chi connectivity index (χ0) is 9.07. The fraction of sp³-hybridized carbons (Fsp3) is 0.500. The lowest BCUT2D eigenvalue weighted by atomic mass is 10.3. The predicted molar refractivity (Wildman–Crippen MR) is 57.6 cm³/mol. The van der Waals surface area contributed by atoms with Crippen molar-refractivity contribution in [2.24, 2.45) is 0 Å². The minimum Gasteiger partial charge on any atom is -0.265 e. The molecule has 0 bridgehead atoms. The van der Waals surface area contributed by atoms with Crippen LogP contribution in [0.3, 0.4) is 0 Å². The first kappa shape index (κ1) is 11.6. The molecule has 0 N–H and O–H groups in total. The first-order valence-electron chi connectivity index (χ1n) is 4.32. The minimum absolute atomic E-state index is 1.17. The van der Waals surface area contributed by atoms with Gasteiger partial charge in [0.05, 0.1) is 0 Å². The Balaban J connectivity index is 0.000000202. The smallest absolute Gasteiger partial charge is 0.0267 e. The molecule has 0 aliphatic carbocycles. The third kappa shape index (κ3) is 9.63. The molecule has 1 rings (SSSR count). The van der Waals surface area contributed by atoms with Gasteiger partial charge in [0.15, 0.2) is 0 Å². The lowest BCUT2D eigenvalue weighted by Crippen LogP contribution is -1.70. The lowest BCUT2D eigenvalue weighted by molar-refractivity contribution is 0.781. The standard InChI is InChI=1S/C5H11Br.C5H5N/c1-2-3-4-5-6;1-2-4-6-5-3-1/h2-5H2,1H3;1-5H. The number of pyridine rings is 1. The molecule has 0 aliphatic rings. The number of alkyl halides is 1. The van der Waals surface area contributed by atoms with Gasteiger partial charge in [-0.25, -0.2) is 0 Å². The van der Waals surface area contributed by atoms with Crippen molar-refractivity contribution in [1.82, 2.24) is 4.98 Å². The van der Waals surface area contributed by atoms with Gasteiger partial charge in [0.2, 0.25) is 0 Å². The molecular weight excluding hydrogens is 214 g/mol. The van der Waals surface area contributed by atoms with Crippen molar-refractivity contribution < 1.29 is 0 Å². The van der Waals surface area contributed by atoms with Crippen molar-refractivity contribution in [3.63, 3.8) is 0 Å². The first-order valence-corrected chi connectivity index (χ1v) is 5.45. The zero-order valence-electron chi connectivity index (χ0n) is 7.54. The number of hydrogen-bond acceptors (Lipinski definition) is 1. The van der Waals surface area contributed by atoms with E-state index in [1.165, 1.54) is 24.6 Å². The summed E-state index contributed by atoms with van der Waals surface area (Å²) in [6.07, 6.45) is 7.52. The average Bonchev–Trinajstić information content (AvgIpc) is 2.18. The monoisotopic (exact) mass is 229 g/mol. The van der Waals surface area contributed by atoms with Gasteiger partial charge in [-0.3, -0.25) is 4.98 Å². The second kappa shape index (κ2) is 10.6. The number of unbranched alkanes of at least 4 members (excludes halogenated alkanes) is 2. The van der Waals surface area contributed by atoms with Crippen molar-refractivity contribution in [1.29, 1.82) is 0 Å². The predicted octanol–water partition coefficient (Wildman–Crippen LogP) is 3.65. The van der Waals surface area contributed by atoms with Crippen LogP contribution in [0.1, 0.15) is 26.2 Å². The van der Waals surface area contributed by atoms with Crippen molar-refractivity contribution >= 4 is 15.9 Å². The van der Waals surface area contributed by atoms with Crippen LogP contribution in [-0.2, 0) is 0 Å². The van der Waals surface area contributed by atoms with E-state index in [0.29, 0.717) is 0 Å². The van der Waals surface area contributed by atoms with Crippen LogP contribution in [0.25, 0.3) is 0 Å². The van der Waals surface area contributed by atoms with Gasteiger partial charge in [0.25, 0.3) is 0 Å². The summed E-state index contributed by atoms with van der Waals surface area (Å²) in [7, 11) is 0. The number of rotatable bonds is 3. The molecule has 1 aromatic heterocycles. The van der Waals surface area contributed by atoms with Gasteiger partial charge in [0.1, 0.15) is 0 Å². The average molecular weight is 230 g/mol. The molecule has 0 radical (unpaired) electrons. The van der Waals surface area contributed by atoms with Crippen LogP contribution in [-0.4, -0.2) is 10.3 Å². The Morgan fingerprint density at radius 1 is 1.08 bits per heavy atom. The highest BCUT2D eigenvalue weighted by Gasteiger charge is 1.76. The third-order valence-electron chi connectivity index (χ3n) is 1.30. The molecule has 0 fully saturated rings. The van der Waals surface area contributed by atoms with Gasteiger partial charge >= 0.3 is 0 Å². The summed E-state index contributed by atoms with van der Waals surface area (Å²) in [5.74, 6) is 0. The molecular formula is C10H16BrN. The van der Waals surface area contributed by atoms with Crippen LogP contribution in [0.4, 0.5) is 0 Å². The summed E-state index contributed by atoms with van der Waals surface area (Å²) in [4.78, 5) is 3.78. The fourth-order valence-electron chi connectivity index (χ4n) is 0.657. The summed E-state index contributed by atoms with van der Waals surface area (Å²) in [5, 5.41) is 1.17. The Kier molecular flexibility index (Phi) is 10.3.